The molecule has 1 aromatic heterocycles. The summed E-state index contributed by atoms with van der Waals surface area (Å²) in [6.07, 6.45) is 1.68. The summed E-state index contributed by atoms with van der Waals surface area (Å²) in [5, 5.41) is 0.828. The van der Waals surface area contributed by atoms with E-state index < -0.39 is 0 Å². The molecule has 0 unspecified atom stereocenters. The van der Waals surface area contributed by atoms with E-state index in [0.29, 0.717) is 43.3 Å². The Kier molecular flexibility index (Phi) is 3.87. The molecule has 1 aliphatic heterocycles. The van der Waals surface area contributed by atoms with Gasteiger partial charge in [-0.1, -0.05) is 0 Å². The summed E-state index contributed by atoms with van der Waals surface area (Å²) in [4.78, 5) is 18.1. The van der Waals surface area contributed by atoms with E-state index in [1.807, 2.05) is 12.1 Å². The molecule has 1 aliphatic rings. The van der Waals surface area contributed by atoms with Gasteiger partial charge in [-0.15, -0.1) is 0 Å². The lowest BCUT2D eigenvalue weighted by atomic mass is 10.2. The Labute approximate surface area is 122 Å². The lowest BCUT2D eigenvalue weighted by Gasteiger charge is -2.26. The van der Waals surface area contributed by atoms with Gasteiger partial charge >= 0.3 is 0 Å². The molecule has 3 rings (SSSR count). The number of nitrogen functional groups attached to an aromatic ring is 1. The highest BCUT2D eigenvalue weighted by Gasteiger charge is 2.17. The average molecular weight is 287 g/mol. The van der Waals surface area contributed by atoms with E-state index in [0.717, 1.165) is 5.39 Å². The number of carbonyl (C=O) groups is 1. The first-order chi connectivity index (χ1) is 10.3. The van der Waals surface area contributed by atoms with Crippen LogP contribution >= 0.6 is 0 Å². The molecule has 1 fully saturated rings. The number of anilines is 1. The Morgan fingerprint density at radius 1 is 1.33 bits per heavy atom. The second-order valence-corrected chi connectivity index (χ2v) is 4.83. The molecule has 1 amide bonds. The van der Waals surface area contributed by atoms with Gasteiger partial charge in [-0.3, -0.25) is 9.78 Å². The number of benzene rings is 1. The third-order valence-electron chi connectivity index (χ3n) is 3.48. The van der Waals surface area contributed by atoms with Crippen LogP contribution in [0.3, 0.4) is 0 Å². The summed E-state index contributed by atoms with van der Waals surface area (Å²) in [6, 6.07) is 7.21. The maximum Gasteiger partial charge on any atom is 0.260 e. The first-order valence-corrected chi connectivity index (χ1v) is 6.87. The molecule has 2 aromatic rings. The molecule has 0 bridgehead atoms. The monoisotopic (exact) mass is 287 g/mol. The molecule has 0 spiro atoms. The van der Waals surface area contributed by atoms with Crippen LogP contribution in [0.1, 0.15) is 0 Å². The van der Waals surface area contributed by atoms with Crippen molar-refractivity contribution in [3.8, 4) is 5.75 Å². The largest absolute Gasteiger partial charge is 0.481 e. The molecule has 2 N–H and O–H groups in total. The fourth-order valence-corrected chi connectivity index (χ4v) is 2.33. The predicted molar refractivity (Wildman–Crippen MR) is 79.0 cm³/mol. The van der Waals surface area contributed by atoms with Crippen LogP contribution in [0.15, 0.2) is 30.5 Å². The van der Waals surface area contributed by atoms with Gasteiger partial charge in [0.25, 0.3) is 5.91 Å². The van der Waals surface area contributed by atoms with Gasteiger partial charge in [0.05, 0.1) is 13.2 Å². The summed E-state index contributed by atoms with van der Waals surface area (Å²) in [5.74, 6) is 0.528. The van der Waals surface area contributed by atoms with Crippen molar-refractivity contribution in [1.29, 1.82) is 0 Å². The Morgan fingerprint density at radius 2 is 2.14 bits per heavy atom. The Bertz CT molecular complexity index is 654. The minimum Gasteiger partial charge on any atom is -0.481 e. The van der Waals surface area contributed by atoms with Gasteiger partial charge < -0.3 is 20.1 Å². The van der Waals surface area contributed by atoms with E-state index in [2.05, 4.69) is 4.98 Å². The van der Waals surface area contributed by atoms with Crippen molar-refractivity contribution in [2.24, 2.45) is 0 Å². The normalized spacial score (nSPS) is 15.1. The summed E-state index contributed by atoms with van der Waals surface area (Å²) < 4.78 is 10.9. The predicted octanol–water partition coefficient (Wildman–Crippen LogP) is 1.05. The summed E-state index contributed by atoms with van der Waals surface area (Å²) in [5.41, 5.74) is 7.23. The van der Waals surface area contributed by atoms with Crippen molar-refractivity contribution in [3.63, 3.8) is 0 Å². The molecule has 2 heterocycles. The quantitative estimate of drug-likeness (QED) is 0.854. The SMILES string of the molecule is Nc1ccc(OCC(=O)N2CCOCC2)c2ncccc12. The van der Waals surface area contributed by atoms with E-state index in [9.17, 15) is 4.79 Å². The van der Waals surface area contributed by atoms with Crippen LogP contribution in [0, 0.1) is 0 Å². The highest BCUT2D eigenvalue weighted by molar-refractivity contribution is 5.94. The highest BCUT2D eigenvalue weighted by atomic mass is 16.5. The molecular weight excluding hydrogens is 270 g/mol. The van der Waals surface area contributed by atoms with Gasteiger partial charge in [-0.2, -0.15) is 0 Å². The minimum atomic E-state index is -0.0424. The number of amides is 1. The van der Waals surface area contributed by atoms with Crippen LogP contribution in [0.25, 0.3) is 10.9 Å². The average Bonchev–Trinajstić information content (AvgIpc) is 2.55. The van der Waals surface area contributed by atoms with Gasteiger partial charge in [-0.25, -0.2) is 0 Å². The fraction of sp³-hybridized carbons (Fsp3) is 0.333. The van der Waals surface area contributed by atoms with Crippen LogP contribution < -0.4 is 10.5 Å². The van der Waals surface area contributed by atoms with Crippen molar-refractivity contribution in [3.05, 3.63) is 30.5 Å². The Balaban J connectivity index is 1.73. The molecule has 0 saturated carbocycles. The van der Waals surface area contributed by atoms with Crippen molar-refractivity contribution in [2.75, 3.05) is 38.6 Å². The summed E-state index contributed by atoms with van der Waals surface area (Å²) in [6.45, 7) is 2.39. The molecular formula is C15H17N3O3. The number of fused-ring (bicyclic) bond motifs is 1. The second kappa shape index (κ2) is 5.97. The fourth-order valence-electron chi connectivity index (χ4n) is 2.33. The number of aromatic nitrogens is 1. The zero-order chi connectivity index (χ0) is 14.7. The first kappa shape index (κ1) is 13.6. The van der Waals surface area contributed by atoms with Gasteiger partial charge in [-0.05, 0) is 24.3 Å². The number of morpholine rings is 1. The molecule has 6 heteroatoms. The van der Waals surface area contributed by atoms with Crippen LogP contribution in [0.5, 0.6) is 5.75 Å². The smallest absolute Gasteiger partial charge is 0.260 e. The van der Waals surface area contributed by atoms with E-state index in [-0.39, 0.29) is 12.5 Å². The van der Waals surface area contributed by atoms with Crippen molar-refractivity contribution < 1.29 is 14.3 Å². The molecule has 21 heavy (non-hydrogen) atoms. The lowest BCUT2D eigenvalue weighted by molar-refractivity contribution is -0.137. The van der Waals surface area contributed by atoms with Crippen molar-refractivity contribution >= 4 is 22.5 Å². The van der Waals surface area contributed by atoms with E-state index in [1.165, 1.54) is 0 Å². The van der Waals surface area contributed by atoms with E-state index in [4.69, 9.17) is 15.2 Å². The Hall–Kier alpha value is -2.34. The van der Waals surface area contributed by atoms with Crippen LogP contribution in [-0.2, 0) is 9.53 Å². The second-order valence-electron chi connectivity index (χ2n) is 4.83. The number of ether oxygens (including phenoxy) is 2. The van der Waals surface area contributed by atoms with Crippen molar-refractivity contribution in [1.82, 2.24) is 9.88 Å². The van der Waals surface area contributed by atoms with Crippen LogP contribution in [0.4, 0.5) is 5.69 Å². The zero-order valence-corrected chi connectivity index (χ0v) is 11.6. The molecule has 110 valence electrons. The number of hydrogen-bond donors (Lipinski definition) is 1. The van der Waals surface area contributed by atoms with Crippen molar-refractivity contribution in [2.45, 2.75) is 0 Å². The first-order valence-electron chi connectivity index (χ1n) is 6.87. The maximum atomic E-state index is 12.1. The standard InChI is InChI=1S/C15H17N3O3/c16-12-3-4-13(15-11(12)2-1-5-17-15)21-10-14(19)18-6-8-20-9-7-18/h1-5H,6-10,16H2. The number of nitrogens with zero attached hydrogens (tertiary/aromatic N) is 2. The summed E-state index contributed by atoms with van der Waals surface area (Å²) >= 11 is 0. The number of carbonyl (C=O) groups excluding carboxylic acids is 1. The van der Waals surface area contributed by atoms with Gasteiger partial charge in [0.15, 0.2) is 6.61 Å². The molecule has 1 saturated heterocycles. The van der Waals surface area contributed by atoms with Crippen LogP contribution in [0.2, 0.25) is 0 Å². The van der Waals surface area contributed by atoms with Crippen LogP contribution in [-0.4, -0.2) is 48.7 Å². The zero-order valence-electron chi connectivity index (χ0n) is 11.6. The number of nitrogens with two attached hydrogens (primary N) is 1. The minimum absolute atomic E-state index is 0.00437. The summed E-state index contributed by atoms with van der Waals surface area (Å²) in [7, 11) is 0. The third-order valence-corrected chi connectivity index (χ3v) is 3.48. The molecule has 0 radical (unpaired) electrons. The Morgan fingerprint density at radius 3 is 2.95 bits per heavy atom. The molecule has 6 nitrogen and oxygen atoms in total. The van der Waals surface area contributed by atoms with Gasteiger partial charge in [0.1, 0.15) is 11.3 Å². The molecule has 0 atom stereocenters. The number of rotatable bonds is 3. The highest BCUT2D eigenvalue weighted by Crippen LogP contribution is 2.27. The van der Waals surface area contributed by atoms with Gasteiger partial charge in [0, 0.05) is 30.4 Å². The van der Waals surface area contributed by atoms with E-state index in [1.54, 1.807) is 23.2 Å². The topological polar surface area (TPSA) is 77.7 Å². The number of pyridine rings is 1. The van der Waals surface area contributed by atoms with E-state index >= 15 is 0 Å². The van der Waals surface area contributed by atoms with Gasteiger partial charge in [0.2, 0.25) is 0 Å². The molecule has 0 aliphatic carbocycles. The number of hydrogen-bond acceptors (Lipinski definition) is 5. The lowest BCUT2D eigenvalue weighted by Crippen LogP contribution is -2.43. The third kappa shape index (κ3) is 2.90. The maximum absolute atomic E-state index is 12.1. The molecule has 1 aromatic carbocycles.